The average Bonchev–Trinajstić information content (AvgIpc) is 2.54. The van der Waals surface area contributed by atoms with Crippen LogP contribution in [0.1, 0.15) is 18.4 Å². The van der Waals surface area contributed by atoms with Crippen LogP contribution in [-0.4, -0.2) is 46.1 Å². The van der Waals surface area contributed by atoms with Gasteiger partial charge in [-0.05, 0) is 30.5 Å². The van der Waals surface area contributed by atoms with Crippen LogP contribution < -0.4 is 4.74 Å². The van der Waals surface area contributed by atoms with E-state index in [0.717, 1.165) is 18.4 Å². The van der Waals surface area contributed by atoms with E-state index in [0.29, 0.717) is 24.7 Å². The zero-order chi connectivity index (χ0) is 15.5. The Kier molecular flexibility index (Phi) is 5.48. The number of methoxy groups -OCH3 is 2. The van der Waals surface area contributed by atoms with Crippen LogP contribution in [0.3, 0.4) is 0 Å². The molecule has 1 fully saturated rings. The van der Waals surface area contributed by atoms with Crippen molar-refractivity contribution in [3.05, 3.63) is 23.8 Å². The van der Waals surface area contributed by atoms with Crippen molar-refractivity contribution >= 4 is 21.6 Å². The van der Waals surface area contributed by atoms with Crippen LogP contribution in [0, 0.1) is 0 Å². The van der Waals surface area contributed by atoms with Gasteiger partial charge in [-0.25, -0.2) is 8.42 Å². The second kappa shape index (κ2) is 6.96. The molecular formula is C14H20ClNO4S. The highest BCUT2D eigenvalue weighted by molar-refractivity contribution is 7.89. The van der Waals surface area contributed by atoms with E-state index in [4.69, 9.17) is 21.1 Å². The first-order valence-electron chi connectivity index (χ1n) is 6.78. The van der Waals surface area contributed by atoms with Gasteiger partial charge in [-0.15, -0.1) is 11.6 Å². The van der Waals surface area contributed by atoms with Crippen molar-refractivity contribution in [3.63, 3.8) is 0 Å². The van der Waals surface area contributed by atoms with Crippen molar-refractivity contribution in [2.45, 2.75) is 29.7 Å². The minimum absolute atomic E-state index is 0.0540. The Morgan fingerprint density at radius 2 is 2.14 bits per heavy atom. The molecule has 1 heterocycles. The quantitative estimate of drug-likeness (QED) is 0.775. The van der Waals surface area contributed by atoms with Gasteiger partial charge in [0.15, 0.2) is 0 Å². The third kappa shape index (κ3) is 3.51. The first-order valence-corrected chi connectivity index (χ1v) is 8.76. The number of rotatable bonds is 5. The molecule has 0 aromatic heterocycles. The molecule has 0 bridgehead atoms. The van der Waals surface area contributed by atoms with Crippen LogP contribution >= 0.6 is 11.6 Å². The maximum Gasteiger partial charge on any atom is 0.246 e. The summed E-state index contributed by atoms with van der Waals surface area (Å²) in [5, 5.41) is 0. The van der Waals surface area contributed by atoms with Crippen LogP contribution in [0.2, 0.25) is 0 Å². The predicted octanol–water partition coefficient (Wildman–Crippen LogP) is 2.23. The summed E-state index contributed by atoms with van der Waals surface area (Å²) in [5.74, 6) is 0.638. The standard InChI is InChI=1S/C14H20ClNO4S/c1-19-12-4-3-7-16(10-12)21(17,18)14-6-5-11(9-15)8-13(14)20-2/h5-6,8,12H,3-4,7,9-10H2,1-2H3. The molecule has 21 heavy (non-hydrogen) atoms. The number of benzene rings is 1. The van der Waals surface area contributed by atoms with Crippen molar-refractivity contribution in [2.75, 3.05) is 27.3 Å². The first-order chi connectivity index (χ1) is 10.0. The summed E-state index contributed by atoms with van der Waals surface area (Å²) in [6, 6.07) is 4.93. The number of alkyl halides is 1. The SMILES string of the molecule is COc1cc(CCl)ccc1S(=O)(=O)N1CCCC(OC)C1. The molecule has 2 rings (SSSR count). The molecule has 1 aliphatic rings. The van der Waals surface area contributed by atoms with Crippen molar-refractivity contribution in [3.8, 4) is 5.75 Å². The second-order valence-electron chi connectivity index (χ2n) is 4.98. The van der Waals surface area contributed by atoms with Gasteiger partial charge < -0.3 is 9.47 Å². The molecule has 0 aliphatic carbocycles. The molecule has 0 N–H and O–H groups in total. The van der Waals surface area contributed by atoms with Gasteiger partial charge in [-0.1, -0.05) is 6.07 Å². The fraction of sp³-hybridized carbons (Fsp3) is 0.571. The van der Waals surface area contributed by atoms with Gasteiger partial charge in [0.05, 0.1) is 13.2 Å². The molecule has 1 atom stereocenters. The fourth-order valence-corrected chi connectivity index (χ4v) is 4.28. The summed E-state index contributed by atoms with van der Waals surface area (Å²) in [6.45, 7) is 0.877. The summed E-state index contributed by atoms with van der Waals surface area (Å²) in [7, 11) is -0.521. The molecule has 0 saturated carbocycles. The Balaban J connectivity index is 2.35. The van der Waals surface area contributed by atoms with Gasteiger partial charge in [0.1, 0.15) is 10.6 Å². The molecule has 0 amide bonds. The predicted molar refractivity (Wildman–Crippen MR) is 81.3 cm³/mol. The lowest BCUT2D eigenvalue weighted by Crippen LogP contribution is -2.42. The highest BCUT2D eigenvalue weighted by atomic mass is 35.5. The van der Waals surface area contributed by atoms with Crippen molar-refractivity contribution in [2.24, 2.45) is 0 Å². The molecular weight excluding hydrogens is 314 g/mol. The highest BCUT2D eigenvalue weighted by Crippen LogP contribution is 2.30. The lowest BCUT2D eigenvalue weighted by molar-refractivity contribution is 0.0571. The molecule has 7 heteroatoms. The largest absolute Gasteiger partial charge is 0.495 e. The topological polar surface area (TPSA) is 55.8 Å². The van der Waals surface area contributed by atoms with Crippen molar-refractivity contribution < 1.29 is 17.9 Å². The van der Waals surface area contributed by atoms with E-state index in [9.17, 15) is 8.42 Å². The Morgan fingerprint density at radius 1 is 1.38 bits per heavy atom. The third-order valence-electron chi connectivity index (χ3n) is 3.67. The Hall–Kier alpha value is -0.820. The van der Waals surface area contributed by atoms with E-state index in [1.807, 2.05) is 0 Å². The van der Waals surface area contributed by atoms with E-state index in [-0.39, 0.29) is 11.0 Å². The third-order valence-corrected chi connectivity index (χ3v) is 5.89. The van der Waals surface area contributed by atoms with Gasteiger partial charge >= 0.3 is 0 Å². The van der Waals surface area contributed by atoms with E-state index < -0.39 is 10.0 Å². The highest BCUT2D eigenvalue weighted by Gasteiger charge is 2.32. The minimum Gasteiger partial charge on any atom is -0.495 e. The van der Waals surface area contributed by atoms with Gasteiger partial charge in [0.25, 0.3) is 0 Å². The number of halogens is 1. The van der Waals surface area contributed by atoms with Crippen LogP contribution in [0.15, 0.2) is 23.1 Å². The molecule has 0 radical (unpaired) electrons. The van der Waals surface area contributed by atoms with E-state index in [2.05, 4.69) is 0 Å². The van der Waals surface area contributed by atoms with E-state index in [1.165, 1.54) is 11.4 Å². The van der Waals surface area contributed by atoms with Crippen molar-refractivity contribution in [1.29, 1.82) is 0 Å². The molecule has 1 aromatic carbocycles. The summed E-state index contributed by atoms with van der Waals surface area (Å²) >= 11 is 5.78. The Bertz CT molecular complexity index is 591. The number of nitrogens with zero attached hydrogens (tertiary/aromatic N) is 1. The van der Waals surface area contributed by atoms with Crippen LogP contribution in [-0.2, 0) is 20.6 Å². The number of hydrogen-bond acceptors (Lipinski definition) is 4. The maximum absolute atomic E-state index is 12.8. The lowest BCUT2D eigenvalue weighted by atomic mass is 10.1. The molecule has 0 spiro atoms. The molecule has 1 aliphatic heterocycles. The van der Waals surface area contributed by atoms with Gasteiger partial charge in [-0.2, -0.15) is 4.31 Å². The molecule has 1 aromatic rings. The van der Waals surface area contributed by atoms with E-state index in [1.54, 1.807) is 25.3 Å². The smallest absolute Gasteiger partial charge is 0.246 e. The van der Waals surface area contributed by atoms with Crippen LogP contribution in [0.25, 0.3) is 0 Å². The van der Waals surface area contributed by atoms with Crippen LogP contribution in [0.4, 0.5) is 0 Å². The maximum atomic E-state index is 12.8. The average molecular weight is 334 g/mol. The number of hydrogen-bond donors (Lipinski definition) is 0. The second-order valence-corrected chi connectivity index (χ2v) is 7.16. The number of sulfonamides is 1. The fourth-order valence-electron chi connectivity index (χ4n) is 2.46. The Labute approximate surface area is 130 Å². The molecule has 5 nitrogen and oxygen atoms in total. The molecule has 1 unspecified atom stereocenters. The van der Waals surface area contributed by atoms with Crippen molar-refractivity contribution in [1.82, 2.24) is 4.31 Å². The zero-order valence-corrected chi connectivity index (χ0v) is 13.8. The summed E-state index contributed by atoms with van der Waals surface area (Å²) in [6.07, 6.45) is 1.62. The normalized spacial score (nSPS) is 20.4. The lowest BCUT2D eigenvalue weighted by Gasteiger charge is -2.31. The summed E-state index contributed by atoms with van der Waals surface area (Å²) in [4.78, 5) is 0.176. The number of piperidine rings is 1. The van der Waals surface area contributed by atoms with Gasteiger partial charge in [0.2, 0.25) is 10.0 Å². The Morgan fingerprint density at radius 3 is 2.76 bits per heavy atom. The summed E-state index contributed by atoms with van der Waals surface area (Å²) < 4.78 is 37.5. The zero-order valence-electron chi connectivity index (χ0n) is 12.2. The minimum atomic E-state index is -3.59. The first kappa shape index (κ1) is 16.5. The van der Waals surface area contributed by atoms with Gasteiger partial charge in [-0.3, -0.25) is 0 Å². The monoisotopic (exact) mass is 333 g/mol. The molecule has 118 valence electrons. The van der Waals surface area contributed by atoms with Gasteiger partial charge in [0, 0.05) is 26.1 Å². The summed E-state index contributed by atoms with van der Waals surface area (Å²) in [5.41, 5.74) is 0.820. The molecule has 1 saturated heterocycles. The van der Waals surface area contributed by atoms with Crippen LogP contribution in [0.5, 0.6) is 5.75 Å². The van der Waals surface area contributed by atoms with E-state index >= 15 is 0 Å². The number of ether oxygens (including phenoxy) is 2.